The third-order valence-electron chi connectivity index (χ3n) is 6.11. The summed E-state index contributed by atoms with van der Waals surface area (Å²) in [5.41, 5.74) is 2.84. The summed E-state index contributed by atoms with van der Waals surface area (Å²) >= 11 is 0. The van der Waals surface area contributed by atoms with Crippen LogP contribution in [-0.4, -0.2) is 46.9 Å². The molecule has 2 amide bonds. The number of piperidine rings is 1. The third-order valence-corrected chi connectivity index (χ3v) is 6.11. The Hall–Kier alpha value is -2.96. The maximum Gasteiger partial charge on any atom is 0.233 e. The molecular formula is C23H28N4O3. The Morgan fingerprint density at radius 1 is 1.17 bits per heavy atom. The molecule has 0 saturated carbocycles. The normalized spacial score (nSPS) is 16.7. The first-order chi connectivity index (χ1) is 14.5. The fourth-order valence-corrected chi connectivity index (χ4v) is 4.27. The zero-order chi connectivity index (χ0) is 21.3. The van der Waals surface area contributed by atoms with Crippen LogP contribution in [0.3, 0.4) is 0 Å². The molecule has 1 aromatic heterocycles. The van der Waals surface area contributed by atoms with Gasteiger partial charge < -0.3 is 9.64 Å². The third kappa shape index (κ3) is 3.88. The van der Waals surface area contributed by atoms with E-state index in [4.69, 9.17) is 14.7 Å². The van der Waals surface area contributed by atoms with Crippen LogP contribution >= 0.6 is 0 Å². The highest BCUT2D eigenvalue weighted by molar-refractivity contribution is 6.00. The Kier molecular flexibility index (Phi) is 5.70. The highest BCUT2D eigenvalue weighted by Gasteiger charge is 2.33. The number of amides is 2. The van der Waals surface area contributed by atoms with Gasteiger partial charge in [-0.1, -0.05) is 19.1 Å². The van der Waals surface area contributed by atoms with Gasteiger partial charge in [-0.3, -0.25) is 14.5 Å². The molecule has 0 spiro atoms. The molecule has 1 fully saturated rings. The molecule has 7 heteroatoms. The van der Waals surface area contributed by atoms with Crippen LogP contribution in [0.5, 0.6) is 5.75 Å². The summed E-state index contributed by atoms with van der Waals surface area (Å²) in [4.78, 5) is 38.0. The summed E-state index contributed by atoms with van der Waals surface area (Å²) in [7, 11) is 1.64. The Morgan fingerprint density at radius 3 is 2.50 bits per heavy atom. The molecule has 7 nitrogen and oxygen atoms in total. The number of benzene rings is 1. The van der Waals surface area contributed by atoms with Crippen LogP contribution in [0.15, 0.2) is 24.3 Å². The van der Waals surface area contributed by atoms with Gasteiger partial charge in [0.25, 0.3) is 0 Å². The fourth-order valence-electron chi connectivity index (χ4n) is 4.27. The number of anilines is 1. The molecule has 0 bridgehead atoms. The Labute approximate surface area is 177 Å². The van der Waals surface area contributed by atoms with E-state index in [9.17, 15) is 9.59 Å². The van der Waals surface area contributed by atoms with Crippen molar-refractivity contribution in [2.45, 2.75) is 52.0 Å². The average Bonchev–Trinajstić information content (AvgIpc) is 3.09. The maximum absolute atomic E-state index is 12.7. The fraction of sp³-hybridized carbons (Fsp3) is 0.478. The standard InChI is InChI=1S/C23H28N4O3/c1-4-20(28)26-11-9-17(10-12-26)22-24-15(2)19-13-21(29)27(23(19)25-22)14-16-5-7-18(30-3)8-6-16/h5-8,17H,4,9-14H2,1-3H3. The summed E-state index contributed by atoms with van der Waals surface area (Å²) in [5.74, 6) is 2.80. The van der Waals surface area contributed by atoms with Crippen LogP contribution in [0, 0.1) is 6.92 Å². The van der Waals surface area contributed by atoms with Crippen LogP contribution in [0.4, 0.5) is 5.82 Å². The number of likely N-dealkylation sites (tertiary alicyclic amines) is 1. The second kappa shape index (κ2) is 8.42. The summed E-state index contributed by atoms with van der Waals surface area (Å²) < 4.78 is 5.22. The van der Waals surface area contributed by atoms with Crippen LogP contribution in [0.1, 0.15) is 54.7 Å². The first-order valence-corrected chi connectivity index (χ1v) is 10.6. The number of rotatable bonds is 5. The number of aromatic nitrogens is 2. The molecule has 0 aliphatic carbocycles. The van der Waals surface area contributed by atoms with Crippen molar-refractivity contribution in [2.24, 2.45) is 0 Å². The van der Waals surface area contributed by atoms with E-state index >= 15 is 0 Å². The number of carbonyl (C=O) groups is 2. The minimum atomic E-state index is 0.0544. The predicted octanol–water partition coefficient (Wildman–Crippen LogP) is 3.00. The largest absolute Gasteiger partial charge is 0.497 e. The smallest absolute Gasteiger partial charge is 0.233 e. The van der Waals surface area contributed by atoms with E-state index in [1.165, 1.54) is 0 Å². The molecule has 158 valence electrons. The number of methoxy groups -OCH3 is 1. The van der Waals surface area contributed by atoms with Gasteiger partial charge in [0.15, 0.2) is 0 Å². The predicted molar refractivity (Wildman–Crippen MR) is 114 cm³/mol. The number of carbonyl (C=O) groups excluding carboxylic acids is 2. The summed E-state index contributed by atoms with van der Waals surface area (Å²) in [6.45, 7) is 5.82. The van der Waals surface area contributed by atoms with Crippen molar-refractivity contribution < 1.29 is 14.3 Å². The molecule has 0 atom stereocenters. The maximum atomic E-state index is 12.7. The lowest BCUT2D eigenvalue weighted by Crippen LogP contribution is -2.37. The molecule has 0 radical (unpaired) electrons. The number of fused-ring (bicyclic) bond motifs is 1. The van der Waals surface area contributed by atoms with Gasteiger partial charge in [-0.2, -0.15) is 0 Å². The molecule has 30 heavy (non-hydrogen) atoms. The Morgan fingerprint density at radius 2 is 1.87 bits per heavy atom. The Bertz CT molecular complexity index is 950. The molecule has 2 aliphatic heterocycles. The van der Waals surface area contributed by atoms with Crippen LogP contribution in [0.25, 0.3) is 0 Å². The first-order valence-electron chi connectivity index (χ1n) is 10.6. The molecule has 0 unspecified atom stereocenters. The molecular weight excluding hydrogens is 380 g/mol. The van der Waals surface area contributed by atoms with Crippen molar-refractivity contribution in [3.63, 3.8) is 0 Å². The number of hydrogen-bond acceptors (Lipinski definition) is 5. The topological polar surface area (TPSA) is 75.6 Å². The van der Waals surface area contributed by atoms with Gasteiger partial charge in [0.1, 0.15) is 17.4 Å². The highest BCUT2D eigenvalue weighted by atomic mass is 16.5. The van der Waals surface area contributed by atoms with Gasteiger partial charge in [-0.25, -0.2) is 9.97 Å². The van der Waals surface area contributed by atoms with E-state index in [1.54, 1.807) is 12.0 Å². The second-order valence-corrected chi connectivity index (χ2v) is 7.98. The lowest BCUT2D eigenvalue weighted by molar-refractivity contribution is -0.131. The minimum absolute atomic E-state index is 0.0544. The molecule has 2 aliphatic rings. The molecule has 4 rings (SSSR count). The van der Waals surface area contributed by atoms with Gasteiger partial charge in [-0.15, -0.1) is 0 Å². The lowest BCUT2D eigenvalue weighted by Gasteiger charge is -2.31. The Balaban J connectivity index is 1.55. The molecule has 1 aromatic carbocycles. The molecule has 2 aromatic rings. The molecule has 0 N–H and O–H groups in total. The van der Waals surface area contributed by atoms with Crippen molar-refractivity contribution in [1.29, 1.82) is 0 Å². The van der Waals surface area contributed by atoms with Crippen LogP contribution in [-0.2, 0) is 22.6 Å². The van der Waals surface area contributed by atoms with E-state index in [1.807, 2.05) is 43.0 Å². The molecule has 1 saturated heterocycles. The number of aryl methyl sites for hydroxylation is 1. The number of hydrogen-bond donors (Lipinski definition) is 0. The van der Waals surface area contributed by atoms with Gasteiger partial charge in [0.05, 0.1) is 20.1 Å². The first kappa shape index (κ1) is 20.3. The monoisotopic (exact) mass is 408 g/mol. The van der Waals surface area contributed by atoms with Crippen molar-refractivity contribution in [3.05, 3.63) is 46.9 Å². The molecule has 3 heterocycles. The highest BCUT2D eigenvalue weighted by Crippen LogP contribution is 2.34. The van der Waals surface area contributed by atoms with E-state index in [2.05, 4.69) is 0 Å². The zero-order valence-corrected chi connectivity index (χ0v) is 17.9. The number of ether oxygens (including phenoxy) is 1. The average molecular weight is 409 g/mol. The van der Waals surface area contributed by atoms with Gasteiger partial charge in [0, 0.05) is 36.7 Å². The van der Waals surface area contributed by atoms with E-state index in [-0.39, 0.29) is 17.7 Å². The van der Waals surface area contributed by atoms with Crippen LogP contribution < -0.4 is 9.64 Å². The quantitative estimate of drug-likeness (QED) is 0.760. The lowest BCUT2D eigenvalue weighted by atomic mass is 9.95. The SMILES string of the molecule is CCC(=O)N1CCC(c2nc(C)c3c(n2)N(Cc2ccc(OC)cc2)C(=O)C3)CC1. The van der Waals surface area contributed by atoms with Crippen molar-refractivity contribution >= 4 is 17.6 Å². The second-order valence-electron chi connectivity index (χ2n) is 7.98. The van der Waals surface area contributed by atoms with E-state index in [0.717, 1.165) is 60.1 Å². The summed E-state index contributed by atoms with van der Waals surface area (Å²) in [6.07, 6.45) is 2.61. The summed E-state index contributed by atoms with van der Waals surface area (Å²) in [6, 6.07) is 7.75. The van der Waals surface area contributed by atoms with E-state index < -0.39 is 0 Å². The van der Waals surface area contributed by atoms with Crippen molar-refractivity contribution in [2.75, 3.05) is 25.1 Å². The summed E-state index contributed by atoms with van der Waals surface area (Å²) in [5, 5.41) is 0. The van der Waals surface area contributed by atoms with Crippen molar-refractivity contribution in [1.82, 2.24) is 14.9 Å². The van der Waals surface area contributed by atoms with E-state index in [0.29, 0.717) is 19.4 Å². The zero-order valence-electron chi connectivity index (χ0n) is 17.9. The number of nitrogens with zero attached hydrogens (tertiary/aromatic N) is 4. The van der Waals surface area contributed by atoms with Gasteiger partial charge in [-0.05, 0) is 37.5 Å². The van der Waals surface area contributed by atoms with Gasteiger partial charge >= 0.3 is 0 Å². The van der Waals surface area contributed by atoms with Gasteiger partial charge in [0.2, 0.25) is 11.8 Å². The minimum Gasteiger partial charge on any atom is -0.497 e. The van der Waals surface area contributed by atoms with Crippen LogP contribution in [0.2, 0.25) is 0 Å². The van der Waals surface area contributed by atoms with Crippen molar-refractivity contribution in [3.8, 4) is 5.75 Å².